The standard InChI is InChI=1S/C20H21NO3/c1-15(22)18-8-7-17-9-11-21(12-10-19(17)13-18)20(23)24-14-16-5-3-2-4-6-16/h2-8,13H,9-12,14H2,1H3. The summed E-state index contributed by atoms with van der Waals surface area (Å²) in [5, 5.41) is 0. The third kappa shape index (κ3) is 3.82. The lowest BCUT2D eigenvalue weighted by Crippen LogP contribution is -2.33. The lowest BCUT2D eigenvalue weighted by molar-refractivity contribution is 0.0975. The monoisotopic (exact) mass is 323 g/mol. The van der Waals surface area contributed by atoms with Crippen molar-refractivity contribution in [2.45, 2.75) is 26.4 Å². The first-order valence-corrected chi connectivity index (χ1v) is 8.22. The van der Waals surface area contributed by atoms with E-state index in [4.69, 9.17) is 4.74 Å². The van der Waals surface area contributed by atoms with Crippen molar-refractivity contribution in [3.63, 3.8) is 0 Å². The molecular formula is C20H21NO3. The van der Waals surface area contributed by atoms with Crippen LogP contribution in [0.1, 0.15) is 34.0 Å². The molecule has 0 saturated heterocycles. The molecule has 0 fully saturated rings. The maximum absolute atomic E-state index is 12.3. The predicted molar refractivity (Wildman–Crippen MR) is 92.1 cm³/mol. The van der Waals surface area contributed by atoms with Gasteiger partial charge in [0.15, 0.2) is 5.78 Å². The molecule has 2 aromatic rings. The van der Waals surface area contributed by atoms with Gasteiger partial charge in [0.05, 0.1) is 0 Å². The quantitative estimate of drug-likeness (QED) is 0.810. The van der Waals surface area contributed by atoms with Gasteiger partial charge in [-0.15, -0.1) is 0 Å². The summed E-state index contributed by atoms with van der Waals surface area (Å²) in [7, 11) is 0. The third-order valence-electron chi connectivity index (χ3n) is 4.38. The Bertz CT molecular complexity index is 740. The summed E-state index contributed by atoms with van der Waals surface area (Å²) in [6, 6.07) is 15.5. The van der Waals surface area contributed by atoms with E-state index in [9.17, 15) is 9.59 Å². The topological polar surface area (TPSA) is 46.6 Å². The summed E-state index contributed by atoms with van der Waals surface area (Å²) >= 11 is 0. The van der Waals surface area contributed by atoms with Crippen LogP contribution in [0.2, 0.25) is 0 Å². The summed E-state index contributed by atoms with van der Waals surface area (Å²) < 4.78 is 5.42. The number of hydrogen-bond acceptors (Lipinski definition) is 3. The van der Waals surface area contributed by atoms with Crippen LogP contribution >= 0.6 is 0 Å². The van der Waals surface area contributed by atoms with Gasteiger partial charge >= 0.3 is 6.09 Å². The summed E-state index contributed by atoms with van der Waals surface area (Å²) in [5.74, 6) is 0.0705. The smallest absolute Gasteiger partial charge is 0.410 e. The van der Waals surface area contributed by atoms with E-state index in [-0.39, 0.29) is 18.5 Å². The molecule has 124 valence electrons. The van der Waals surface area contributed by atoms with Crippen molar-refractivity contribution in [3.8, 4) is 0 Å². The van der Waals surface area contributed by atoms with E-state index in [2.05, 4.69) is 0 Å². The highest BCUT2D eigenvalue weighted by atomic mass is 16.6. The lowest BCUT2D eigenvalue weighted by atomic mass is 9.99. The third-order valence-corrected chi connectivity index (χ3v) is 4.38. The first kappa shape index (κ1) is 16.2. The highest BCUT2D eigenvalue weighted by Crippen LogP contribution is 2.19. The Labute approximate surface area is 142 Å². The number of nitrogens with zero attached hydrogens (tertiary/aromatic N) is 1. The highest BCUT2D eigenvalue weighted by molar-refractivity contribution is 5.94. The van der Waals surface area contributed by atoms with Crippen molar-refractivity contribution in [2.24, 2.45) is 0 Å². The van der Waals surface area contributed by atoms with E-state index in [0.717, 1.165) is 29.5 Å². The normalized spacial score (nSPS) is 13.8. The van der Waals surface area contributed by atoms with Gasteiger partial charge in [0.1, 0.15) is 6.61 Å². The van der Waals surface area contributed by atoms with Crippen LogP contribution in [-0.4, -0.2) is 29.9 Å². The fourth-order valence-corrected chi connectivity index (χ4v) is 2.94. The zero-order valence-corrected chi connectivity index (χ0v) is 13.8. The van der Waals surface area contributed by atoms with Gasteiger partial charge in [-0.3, -0.25) is 4.79 Å². The zero-order chi connectivity index (χ0) is 16.9. The molecule has 0 atom stereocenters. The zero-order valence-electron chi connectivity index (χ0n) is 13.8. The SMILES string of the molecule is CC(=O)c1ccc2c(c1)CCN(C(=O)OCc1ccccc1)CC2. The van der Waals surface area contributed by atoms with Gasteiger partial charge < -0.3 is 9.64 Å². The lowest BCUT2D eigenvalue weighted by Gasteiger charge is -2.19. The first-order chi connectivity index (χ1) is 11.6. The molecule has 0 bridgehead atoms. The van der Waals surface area contributed by atoms with Crippen molar-refractivity contribution in [2.75, 3.05) is 13.1 Å². The Morgan fingerprint density at radius 2 is 1.71 bits per heavy atom. The van der Waals surface area contributed by atoms with Crippen LogP contribution in [-0.2, 0) is 24.2 Å². The van der Waals surface area contributed by atoms with Crippen molar-refractivity contribution in [1.82, 2.24) is 4.90 Å². The van der Waals surface area contributed by atoms with Crippen LogP contribution in [0.5, 0.6) is 0 Å². The molecule has 0 saturated carbocycles. The van der Waals surface area contributed by atoms with Gasteiger partial charge in [0, 0.05) is 18.7 Å². The molecule has 1 aliphatic rings. The van der Waals surface area contributed by atoms with Crippen molar-refractivity contribution >= 4 is 11.9 Å². The average molecular weight is 323 g/mol. The molecule has 3 rings (SSSR count). The Morgan fingerprint density at radius 3 is 2.42 bits per heavy atom. The number of Topliss-reactive ketones (excluding diaryl/α,β-unsaturated/α-hetero) is 1. The minimum absolute atomic E-state index is 0.0705. The van der Waals surface area contributed by atoms with Crippen LogP contribution in [0, 0.1) is 0 Å². The van der Waals surface area contributed by atoms with E-state index < -0.39 is 0 Å². The molecule has 1 amide bonds. The van der Waals surface area contributed by atoms with Crippen LogP contribution < -0.4 is 0 Å². The van der Waals surface area contributed by atoms with Crippen LogP contribution in [0.4, 0.5) is 4.79 Å². The van der Waals surface area contributed by atoms with E-state index in [1.54, 1.807) is 11.8 Å². The van der Waals surface area contributed by atoms with E-state index >= 15 is 0 Å². The summed E-state index contributed by atoms with van der Waals surface area (Å²) in [6.07, 6.45) is 1.25. The van der Waals surface area contributed by atoms with Crippen molar-refractivity contribution < 1.29 is 14.3 Å². The summed E-state index contributed by atoms with van der Waals surface area (Å²) in [5.41, 5.74) is 4.07. The Kier molecular flexibility index (Phi) is 4.94. The minimum atomic E-state index is -0.279. The first-order valence-electron chi connectivity index (χ1n) is 8.22. The average Bonchev–Trinajstić information content (AvgIpc) is 2.82. The Morgan fingerprint density at radius 1 is 1.00 bits per heavy atom. The Hall–Kier alpha value is -2.62. The molecule has 4 nitrogen and oxygen atoms in total. The molecule has 4 heteroatoms. The number of fused-ring (bicyclic) bond motifs is 1. The van der Waals surface area contributed by atoms with E-state index in [1.807, 2.05) is 48.5 Å². The molecule has 1 heterocycles. The number of ether oxygens (including phenoxy) is 1. The molecule has 0 aliphatic carbocycles. The number of hydrogen-bond donors (Lipinski definition) is 0. The number of carbonyl (C=O) groups is 2. The van der Waals surface area contributed by atoms with Crippen LogP contribution in [0.3, 0.4) is 0 Å². The summed E-state index contributed by atoms with van der Waals surface area (Å²) in [4.78, 5) is 25.6. The predicted octanol–water partition coefficient (Wildman–Crippen LogP) is 3.63. The van der Waals surface area contributed by atoms with Gasteiger partial charge in [0.25, 0.3) is 0 Å². The molecule has 2 aromatic carbocycles. The van der Waals surface area contributed by atoms with Crippen molar-refractivity contribution in [1.29, 1.82) is 0 Å². The molecule has 0 unspecified atom stereocenters. The Balaban J connectivity index is 1.61. The molecule has 0 aromatic heterocycles. The number of benzene rings is 2. The van der Waals surface area contributed by atoms with Gasteiger partial charge in [-0.05, 0) is 42.5 Å². The number of carbonyl (C=O) groups excluding carboxylic acids is 2. The maximum Gasteiger partial charge on any atom is 0.410 e. The second kappa shape index (κ2) is 7.30. The molecule has 24 heavy (non-hydrogen) atoms. The van der Waals surface area contributed by atoms with Gasteiger partial charge in [-0.25, -0.2) is 4.79 Å². The molecule has 0 N–H and O–H groups in total. The second-order valence-corrected chi connectivity index (χ2v) is 6.07. The van der Waals surface area contributed by atoms with Gasteiger partial charge in [-0.2, -0.15) is 0 Å². The fraction of sp³-hybridized carbons (Fsp3) is 0.300. The van der Waals surface area contributed by atoms with E-state index in [0.29, 0.717) is 13.1 Å². The highest BCUT2D eigenvalue weighted by Gasteiger charge is 2.20. The maximum atomic E-state index is 12.3. The second-order valence-electron chi connectivity index (χ2n) is 6.07. The largest absolute Gasteiger partial charge is 0.445 e. The van der Waals surface area contributed by atoms with Gasteiger partial charge in [0.2, 0.25) is 0 Å². The fourth-order valence-electron chi connectivity index (χ4n) is 2.94. The summed E-state index contributed by atoms with van der Waals surface area (Å²) in [6.45, 7) is 3.12. The number of ketones is 1. The molecule has 0 spiro atoms. The number of amides is 1. The van der Waals surface area contributed by atoms with E-state index in [1.165, 1.54) is 5.56 Å². The molecule has 1 aliphatic heterocycles. The number of rotatable bonds is 3. The minimum Gasteiger partial charge on any atom is -0.445 e. The van der Waals surface area contributed by atoms with Gasteiger partial charge in [-0.1, -0.05) is 42.5 Å². The molecule has 0 radical (unpaired) electrons. The van der Waals surface area contributed by atoms with Crippen LogP contribution in [0.15, 0.2) is 48.5 Å². The molecular weight excluding hydrogens is 302 g/mol. The van der Waals surface area contributed by atoms with Crippen LogP contribution in [0.25, 0.3) is 0 Å². The van der Waals surface area contributed by atoms with Crippen molar-refractivity contribution in [3.05, 3.63) is 70.8 Å².